The van der Waals surface area contributed by atoms with Gasteiger partial charge in [-0.25, -0.2) is 4.79 Å². The number of aliphatic hydroxyl groups is 4. The number of hydrogen-bond acceptors (Lipinski definition) is 7. The Morgan fingerprint density at radius 3 is 2.29 bits per heavy atom. The van der Waals surface area contributed by atoms with Gasteiger partial charge in [-0.3, -0.25) is 4.90 Å². The third-order valence-corrected chi connectivity index (χ3v) is 5.20. The molecule has 0 spiro atoms. The smallest absolute Gasteiger partial charge is 0.335 e. The minimum absolute atomic E-state index is 0.449. The van der Waals surface area contributed by atoms with E-state index in [4.69, 9.17) is 16.3 Å². The quantitative estimate of drug-likeness (QED) is 0.474. The summed E-state index contributed by atoms with van der Waals surface area (Å²) in [5.74, 6) is -1.46. The summed E-state index contributed by atoms with van der Waals surface area (Å²) in [5.41, 5.74) is -0.162. The molecule has 0 saturated carbocycles. The highest BCUT2D eigenvalue weighted by molar-refractivity contribution is 6.30. The van der Waals surface area contributed by atoms with Crippen molar-refractivity contribution in [1.82, 2.24) is 4.90 Å². The second kappa shape index (κ2) is 8.62. The van der Waals surface area contributed by atoms with Crippen molar-refractivity contribution in [2.75, 3.05) is 0 Å². The van der Waals surface area contributed by atoms with Crippen LogP contribution in [-0.4, -0.2) is 78.6 Å². The van der Waals surface area contributed by atoms with E-state index in [1.165, 1.54) is 0 Å². The topological polar surface area (TPSA) is 131 Å². The Kier molecular flexibility index (Phi) is 7.09. The molecule has 1 heterocycles. The molecule has 0 aromatic heterocycles. The van der Waals surface area contributed by atoms with Crippen LogP contribution in [0.2, 0.25) is 5.02 Å². The van der Waals surface area contributed by atoms with Crippen molar-refractivity contribution in [3.05, 3.63) is 34.9 Å². The van der Waals surface area contributed by atoms with Crippen LogP contribution in [0, 0.1) is 0 Å². The normalized spacial score (nSPS) is 30.9. The molecule has 1 aliphatic heterocycles. The van der Waals surface area contributed by atoms with Gasteiger partial charge in [0.1, 0.15) is 24.5 Å². The molecule has 0 radical (unpaired) electrons. The Morgan fingerprint density at radius 2 is 1.79 bits per heavy atom. The first-order valence-corrected chi connectivity index (χ1v) is 9.38. The van der Waals surface area contributed by atoms with E-state index in [0.29, 0.717) is 10.6 Å². The Hall–Kier alpha value is -1.26. The fourth-order valence-corrected chi connectivity index (χ4v) is 3.84. The molecule has 1 fully saturated rings. The van der Waals surface area contributed by atoms with E-state index < -0.39 is 54.3 Å². The van der Waals surface area contributed by atoms with Gasteiger partial charge >= 0.3 is 5.97 Å². The maximum atomic E-state index is 11.4. The van der Waals surface area contributed by atoms with E-state index in [2.05, 4.69) is 0 Å². The molecule has 1 aromatic carbocycles. The van der Waals surface area contributed by atoms with Crippen LogP contribution in [-0.2, 0) is 9.53 Å². The van der Waals surface area contributed by atoms with Crippen LogP contribution in [0.3, 0.4) is 0 Å². The predicted octanol–water partition coefficient (Wildman–Crippen LogP) is 0.755. The standard InChI is InChI=1S/C19H28ClNO7/c1-9(12(22)10-6-5-7-11(20)8-10)21(19(2,3)4)17-15(25)13(23)14(24)16(28-17)18(26)27/h5-9,12-17,22-25H,1-4H3,(H,26,27)/t9-,12+,13?,14?,15?,16?,17?/m0/s1. The predicted molar refractivity (Wildman–Crippen MR) is 102 cm³/mol. The molecule has 2 rings (SSSR count). The Labute approximate surface area is 168 Å². The van der Waals surface area contributed by atoms with Crippen molar-refractivity contribution in [2.45, 2.75) is 76.0 Å². The summed E-state index contributed by atoms with van der Waals surface area (Å²) >= 11 is 6.01. The summed E-state index contributed by atoms with van der Waals surface area (Å²) in [5, 5.41) is 51.3. The van der Waals surface area contributed by atoms with Crippen LogP contribution >= 0.6 is 11.6 Å². The maximum absolute atomic E-state index is 11.4. The molecular formula is C19H28ClNO7. The third-order valence-electron chi connectivity index (χ3n) is 4.97. The zero-order valence-electron chi connectivity index (χ0n) is 16.2. The van der Waals surface area contributed by atoms with E-state index in [1.807, 2.05) is 0 Å². The van der Waals surface area contributed by atoms with Crippen LogP contribution in [0.25, 0.3) is 0 Å². The van der Waals surface area contributed by atoms with Gasteiger partial charge in [0, 0.05) is 16.6 Å². The average Bonchev–Trinajstić information content (AvgIpc) is 2.59. The van der Waals surface area contributed by atoms with E-state index in [-0.39, 0.29) is 0 Å². The number of carboxylic acids is 1. The molecule has 7 atom stereocenters. The summed E-state index contributed by atoms with van der Waals surface area (Å²) in [6.45, 7) is 7.10. The zero-order valence-corrected chi connectivity index (χ0v) is 17.0. The molecule has 9 heteroatoms. The Balaban J connectivity index is 2.41. The summed E-state index contributed by atoms with van der Waals surface area (Å²) in [6, 6.07) is 6.02. The van der Waals surface area contributed by atoms with Crippen LogP contribution in [0.1, 0.15) is 39.4 Å². The van der Waals surface area contributed by atoms with Gasteiger partial charge in [0.15, 0.2) is 6.10 Å². The van der Waals surface area contributed by atoms with Gasteiger partial charge in [-0.15, -0.1) is 0 Å². The number of aliphatic carboxylic acids is 1. The average molecular weight is 418 g/mol. The van der Waals surface area contributed by atoms with Crippen molar-refractivity contribution in [1.29, 1.82) is 0 Å². The number of nitrogens with zero attached hydrogens (tertiary/aromatic N) is 1. The molecule has 5 unspecified atom stereocenters. The van der Waals surface area contributed by atoms with Crippen LogP contribution < -0.4 is 0 Å². The van der Waals surface area contributed by atoms with Gasteiger partial charge in [0.2, 0.25) is 0 Å². The number of carboxylic acid groups (broad SMARTS) is 1. The Bertz CT molecular complexity index is 695. The molecule has 1 saturated heterocycles. The lowest BCUT2D eigenvalue weighted by atomic mass is 9.91. The molecule has 0 aliphatic carbocycles. The number of halogens is 1. The fraction of sp³-hybridized carbons (Fsp3) is 0.632. The molecule has 5 N–H and O–H groups in total. The monoisotopic (exact) mass is 417 g/mol. The summed E-state index contributed by atoms with van der Waals surface area (Å²) in [7, 11) is 0. The maximum Gasteiger partial charge on any atom is 0.335 e. The van der Waals surface area contributed by atoms with Gasteiger partial charge in [-0.2, -0.15) is 0 Å². The summed E-state index contributed by atoms with van der Waals surface area (Å²) in [6.07, 6.45) is -9.12. The first-order valence-electron chi connectivity index (χ1n) is 9.00. The number of rotatable bonds is 5. The van der Waals surface area contributed by atoms with Gasteiger partial charge in [0.25, 0.3) is 0 Å². The lowest BCUT2D eigenvalue weighted by Gasteiger charge is -2.51. The van der Waals surface area contributed by atoms with Crippen molar-refractivity contribution in [3.63, 3.8) is 0 Å². The number of aliphatic hydroxyl groups excluding tert-OH is 4. The van der Waals surface area contributed by atoms with Crippen molar-refractivity contribution < 1.29 is 35.1 Å². The van der Waals surface area contributed by atoms with Crippen molar-refractivity contribution in [3.8, 4) is 0 Å². The lowest BCUT2D eigenvalue weighted by Crippen LogP contribution is -2.68. The highest BCUT2D eigenvalue weighted by Gasteiger charge is 2.52. The van der Waals surface area contributed by atoms with Gasteiger partial charge in [0.05, 0.1) is 6.10 Å². The largest absolute Gasteiger partial charge is 0.479 e. The number of benzene rings is 1. The third kappa shape index (κ3) is 4.65. The minimum Gasteiger partial charge on any atom is -0.479 e. The SMILES string of the molecule is C[C@@H]([C@@H](O)c1cccc(Cl)c1)N(C1OC(C(=O)O)C(O)C(O)C1O)C(C)(C)C. The highest BCUT2D eigenvalue weighted by Crippen LogP contribution is 2.34. The molecule has 1 aromatic rings. The molecule has 8 nitrogen and oxygen atoms in total. The molecule has 0 bridgehead atoms. The van der Waals surface area contributed by atoms with E-state index >= 15 is 0 Å². The van der Waals surface area contributed by atoms with E-state index in [9.17, 15) is 30.3 Å². The summed E-state index contributed by atoms with van der Waals surface area (Å²) in [4.78, 5) is 13.0. The second-order valence-electron chi connectivity index (χ2n) is 8.08. The fourth-order valence-electron chi connectivity index (χ4n) is 3.64. The molecule has 158 valence electrons. The van der Waals surface area contributed by atoms with Crippen LogP contribution in [0.5, 0.6) is 0 Å². The van der Waals surface area contributed by atoms with Gasteiger partial charge < -0.3 is 30.3 Å². The summed E-state index contributed by atoms with van der Waals surface area (Å²) < 4.78 is 5.49. The van der Waals surface area contributed by atoms with E-state index in [0.717, 1.165) is 0 Å². The molecular weight excluding hydrogens is 390 g/mol. The molecule has 28 heavy (non-hydrogen) atoms. The number of ether oxygens (including phenoxy) is 1. The van der Waals surface area contributed by atoms with Gasteiger partial charge in [-0.1, -0.05) is 23.7 Å². The number of carbonyl (C=O) groups is 1. The van der Waals surface area contributed by atoms with Gasteiger partial charge in [-0.05, 0) is 45.4 Å². The minimum atomic E-state index is -1.78. The first-order chi connectivity index (χ1) is 12.9. The molecule has 1 aliphatic rings. The van der Waals surface area contributed by atoms with Crippen LogP contribution in [0.4, 0.5) is 0 Å². The second-order valence-corrected chi connectivity index (χ2v) is 8.51. The van der Waals surface area contributed by atoms with Crippen molar-refractivity contribution in [2.24, 2.45) is 0 Å². The highest BCUT2D eigenvalue weighted by atomic mass is 35.5. The lowest BCUT2D eigenvalue weighted by molar-refractivity contribution is -0.278. The van der Waals surface area contributed by atoms with Crippen molar-refractivity contribution >= 4 is 17.6 Å². The zero-order chi connectivity index (χ0) is 21.4. The molecule has 0 amide bonds. The Morgan fingerprint density at radius 1 is 1.18 bits per heavy atom. The van der Waals surface area contributed by atoms with Crippen LogP contribution in [0.15, 0.2) is 24.3 Å². The number of hydrogen-bond donors (Lipinski definition) is 5. The van der Waals surface area contributed by atoms with E-state index in [1.54, 1.807) is 56.9 Å². The first kappa shape index (κ1) is 23.0.